The molecule has 0 bridgehead atoms. The van der Waals surface area contributed by atoms with Gasteiger partial charge in [0.05, 0.1) is 12.7 Å². The maximum Gasteiger partial charge on any atom is 0.257 e. The van der Waals surface area contributed by atoms with E-state index in [0.717, 1.165) is 18.7 Å². The molecule has 170 valence electrons. The molecule has 2 aromatic rings. The molecule has 2 amide bonds. The molecule has 2 aromatic carbocycles. The summed E-state index contributed by atoms with van der Waals surface area (Å²) >= 11 is 6.12. The number of ether oxygens (including phenoxy) is 1. The van der Waals surface area contributed by atoms with Gasteiger partial charge in [-0.1, -0.05) is 17.7 Å². The molecule has 0 aromatic heterocycles. The Balaban J connectivity index is 1.27. The number of benzene rings is 2. The van der Waals surface area contributed by atoms with Crippen molar-refractivity contribution in [2.24, 2.45) is 11.8 Å². The molecular weight excluding hydrogens is 433 g/mol. The van der Waals surface area contributed by atoms with Crippen molar-refractivity contribution >= 4 is 29.1 Å². The van der Waals surface area contributed by atoms with Crippen LogP contribution < -0.4 is 10.1 Å². The van der Waals surface area contributed by atoms with E-state index in [-0.39, 0.29) is 17.4 Å². The average molecular weight is 460 g/mol. The molecule has 0 aliphatic carbocycles. The van der Waals surface area contributed by atoms with Gasteiger partial charge in [-0.3, -0.25) is 9.59 Å². The third-order valence-electron chi connectivity index (χ3n) is 6.35. The van der Waals surface area contributed by atoms with E-state index in [1.165, 1.54) is 25.3 Å². The molecular formula is C24H27ClFN3O3. The lowest BCUT2D eigenvalue weighted by Crippen LogP contribution is -2.34. The van der Waals surface area contributed by atoms with Crippen LogP contribution in [0.5, 0.6) is 5.75 Å². The van der Waals surface area contributed by atoms with Gasteiger partial charge in [-0.15, -0.1) is 0 Å². The molecule has 8 heteroatoms. The minimum Gasteiger partial charge on any atom is -0.496 e. The number of nitrogens with zero attached hydrogens (tertiary/aromatic N) is 2. The molecule has 32 heavy (non-hydrogen) atoms. The van der Waals surface area contributed by atoms with Crippen molar-refractivity contribution in [1.29, 1.82) is 0 Å². The zero-order chi connectivity index (χ0) is 22.8. The zero-order valence-electron chi connectivity index (χ0n) is 18.2. The Labute approximate surface area is 192 Å². The first kappa shape index (κ1) is 22.6. The van der Waals surface area contributed by atoms with Crippen molar-refractivity contribution in [2.75, 3.05) is 45.2 Å². The lowest BCUT2D eigenvalue weighted by molar-refractivity contribution is -0.116. The predicted molar refractivity (Wildman–Crippen MR) is 122 cm³/mol. The number of carbonyl (C=O) groups is 2. The standard InChI is InChI=1S/C24H27ClFN3O3/c1-15-3-5-19(10-21(15)25)27-23(30)7-8-28-11-16-13-29(14-17(16)12-28)24(31)20-9-18(26)4-6-22(20)32-2/h3-6,9-10,16-17H,7-8,11-14H2,1-2H3,(H,27,30). The quantitative estimate of drug-likeness (QED) is 0.713. The summed E-state index contributed by atoms with van der Waals surface area (Å²) in [7, 11) is 1.48. The van der Waals surface area contributed by atoms with Gasteiger partial charge in [0.15, 0.2) is 0 Å². The third kappa shape index (κ3) is 4.89. The monoisotopic (exact) mass is 459 g/mol. The number of carbonyl (C=O) groups excluding carboxylic acids is 2. The smallest absolute Gasteiger partial charge is 0.257 e. The molecule has 0 saturated carbocycles. The fourth-order valence-electron chi connectivity index (χ4n) is 4.61. The van der Waals surface area contributed by atoms with Gasteiger partial charge in [0, 0.05) is 49.9 Å². The van der Waals surface area contributed by atoms with Crippen LogP contribution in [-0.4, -0.2) is 61.4 Å². The van der Waals surface area contributed by atoms with Gasteiger partial charge < -0.3 is 19.9 Å². The number of hydrogen-bond acceptors (Lipinski definition) is 4. The number of hydrogen-bond donors (Lipinski definition) is 1. The highest BCUT2D eigenvalue weighted by Crippen LogP contribution is 2.33. The molecule has 2 fully saturated rings. The van der Waals surface area contributed by atoms with Crippen LogP contribution in [0, 0.1) is 24.6 Å². The average Bonchev–Trinajstić information content (AvgIpc) is 3.33. The third-order valence-corrected chi connectivity index (χ3v) is 6.76. The van der Waals surface area contributed by atoms with Crippen molar-refractivity contribution in [2.45, 2.75) is 13.3 Å². The van der Waals surface area contributed by atoms with E-state index < -0.39 is 5.82 Å². The van der Waals surface area contributed by atoms with Crippen molar-refractivity contribution in [3.05, 3.63) is 58.4 Å². The number of fused-ring (bicyclic) bond motifs is 1. The Morgan fingerprint density at radius 1 is 1.12 bits per heavy atom. The van der Waals surface area contributed by atoms with Crippen LogP contribution in [0.2, 0.25) is 5.02 Å². The van der Waals surface area contributed by atoms with Crippen LogP contribution in [0.3, 0.4) is 0 Å². The van der Waals surface area contributed by atoms with Gasteiger partial charge in [-0.2, -0.15) is 0 Å². The molecule has 0 spiro atoms. The number of aryl methyl sites for hydroxylation is 1. The highest BCUT2D eigenvalue weighted by atomic mass is 35.5. The minimum absolute atomic E-state index is 0.0445. The summed E-state index contributed by atoms with van der Waals surface area (Å²) in [4.78, 5) is 29.3. The van der Waals surface area contributed by atoms with Crippen LogP contribution >= 0.6 is 11.6 Å². The van der Waals surface area contributed by atoms with Crippen molar-refractivity contribution < 1.29 is 18.7 Å². The van der Waals surface area contributed by atoms with Crippen molar-refractivity contribution in [3.8, 4) is 5.75 Å². The molecule has 1 N–H and O–H groups in total. The highest BCUT2D eigenvalue weighted by Gasteiger charge is 2.42. The molecule has 2 heterocycles. The second-order valence-electron chi connectivity index (χ2n) is 8.60. The van der Waals surface area contributed by atoms with E-state index in [4.69, 9.17) is 16.3 Å². The van der Waals surface area contributed by atoms with E-state index in [1.807, 2.05) is 19.1 Å². The first-order chi connectivity index (χ1) is 15.3. The molecule has 6 nitrogen and oxygen atoms in total. The number of rotatable bonds is 6. The van der Waals surface area contributed by atoms with Crippen LogP contribution in [0.1, 0.15) is 22.3 Å². The van der Waals surface area contributed by atoms with Crippen LogP contribution in [0.15, 0.2) is 36.4 Å². The summed E-state index contributed by atoms with van der Waals surface area (Å²) in [5.41, 5.74) is 1.93. The topological polar surface area (TPSA) is 61.9 Å². The number of amides is 2. The number of nitrogens with one attached hydrogen (secondary N) is 1. The second kappa shape index (κ2) is 9.46. The zero-order valence-corrected chi connectivity index (χ0v) is 19.0. The van der Waals surface area contributed by atoms with Crippen LogP contribution in [0.4, 0.5) is 10.1 Å². The Hall–Kier alpha value is -2.64. The van der Waals surface area contributed by atoms with Crippen LogP contribution in [-0.2, 0) is 4.79 Å². The van der Waals surface area contributed by atoms with Crippen molar-refractivity contribution in [3.63, 3.8) is 0 Å². The molecule has 2 unspecified atom stereocenters. The van der Waals surface area contributed by atoms with Gasteiger partial charge in [0.1, 0.15) is 11.6 Å². The lowest BCUT2D eigenvalue weighted by Gasteiger charge is -2.22. The SMILES string of the molecule is COc1ccc(F)cc1C(=O)N1CC2CN(CCC(=O)Nc3ccc(C)c(Cl)c3)CC2C1. The second-order valence-corrected chi connectivity index (χ2v) is 9.00. The number of anilines is 1. The van der Waals surface area contributed by atoms with Crippen LogP contribution in [0.25, 0.3) is 0 Å². The molecule has 2 aliphatic rings. The maximum atomic E-state index is 13.7. The summed E-state index contributed by atoms with van der Waals surface area (Å²) in [5.74, 6) is 0.409. The lowest BCUT2D eigenvalue weighted by atomic mass is 10.0. The molecule has 2 aliphatic heterocycles. The van der Waals surface area contributed by atoms with Gasteiger partial charge in [0.2, 0.25) is 5.91 Å². The fraction of sp³-hybridized carbons (Fsp3) is 0.417. The number of methoxy groups -OCH3 is 1. The summed E-state index contributed by atoms with van der Waals surface area (Å²) in [5, 5.41) is 3.52. The summed E-state index contributed by atoms with van der Waals surface area (Å²) in [6.45, 7) is 5.55. The Bertz CT molecular complexity index is 1020. The first-order valence-corrected chi connectivity index (χ1v) is 11.1. The Morgan fingerprint density at radius 2 is 1.84 bits per heavy atom. The van der Waals surface area contributed by atoms with E-state index >= 15 is 0 Å². The van der Waals surface area contributed by atoms with Crippen molar-refractivity contribution in [1.82, 2.24) is 9.80 Å². The molecule has 2 atom stereocenters. The van der Waals surface area contributed by atoms with E-state index in [1.54, 1.807) is 11.0 Å². The normalized spacial score (nSPS) is 20.3. The predicted octanol–water partition coefficient (Wildman–Crippen LogP) is 3.83. The van der Waals surface area contributed by atoms with Gasteiger partial charge in [0.25, 0.3) is 5.91 Å². The Morgan fingerprint density at radius 3 is 2.50 bits per heavy atom. The van der Waals surface area contributed by atoms with Gasteiger partial charge >= 0.3 is 0 Å². The highest BCUT2D eigenvalue weighted by molar-refractivity contribution is 6.31. The summed E-state index contributed by atoms with van der Waals surface area (Å²) in [6.07, 6.45) is 0.397. The first-order valence-electron chi connectivity index (χ1n) is 10.7. The largest absolute Gasteiger partial charge is 0.496 e. The Kier molecular flexibility index (Phi) is 6.67. The van der Waals surface area contributed by atoms with Gasteiger partial charge in [-0.05, 0) is 54.7 Å². The minimum atomic E-state index is -0.453. The number of likely N-dealkylation sites (tertiary alicyclic amines) is 2. The molecule has 4 rings (SSSR count). The molecule has 2 saturated heterocycles. The van der Waals surface area contributed by atoms with E-state index in [2.05, 4.69) is 10.2 Å². The summed E-state index contributed by atoms with van der Waals surface area (Å²) in [6, 6.07) is 9.49. The fourth-order valence-corrected chi connectivity index (χ4v) is 4.79. The molecule has 0 radical (unpaired) electrons. The van der Waals surface area contributed by atoms with E-state index in [0.29, 0.717) is 54.4 Å². The maximum absolute atomic E-state index is 13.7. The van der Waals surface area contributed by atoms with Gasteiger partial charge in [-0.25, -0.2) is 4.39 Å². The van der Waals surface area contributed by atoms with E-state index in [9.17, 15) is 14.0 Å². The number of halogens is 2. The summed E-state index contributed by atoms with van der Waals surface area (Å²) < 4.78 is 18.9.